The lowest BCUT2D eigenvalue weighted by molar-refractivity contribution is 1.03. The van der Waals surface area contributed by atoms with Crippen LogP contribution >= 0.6 is 0 Å². The standard InChI is InChI=1S/C31H28N2/c1-18-9-10-28-22(11-18)13-23-15-26-21(16-29(23)32(28)3)12-24-17-30-25(19(2)31(24)26)14-20-7-5-6-8-27(20)33(30)4/h5-11,15-17H,12-14H2,1-4H3. The molecule has 0 N–H and O–H groups in total. The number of hydrogen-bond acceptors (Lipinski definition) is 2. The maximum Gasteiger partial charge on any atom is 0.0450 e. The van der Waals surface area contributed by atoms with E-state index in [1.807, 2.05) is 0 Å². The maximum absolute atomic E-state index is 2.50. The average Bonchev–Trinajstić information content (AvgIpc) is 3.16. The van der Waals surface area contributed by atoms with Crippen molar-refractivity contribution >= 4 is 22.7 Å². The van der Waals surface area contributed by atoms with Crippen molar-refractivity contribution in [2.75, 3.05) is 23.9 Å². The van der Waals surface area contributed by atoms with Crippen molar-refractivity contribution in [2.45, 2.75) is 33.1 Å². The van der Waals surface area contributed by atoms with Gasteiger partial charge in [-0.15, -0.1) is 0 Å². The van der Waals surface area contributed by atoms with Crippen LogP contribution in [0.25, 0.3) is 11.1 Å². The number of rotatable bonds is 0. The Kier molecular flexibility index (Phi) is 3.75. The molecule has 0 aromatic heterocycles. The summed E-state index contributed by atoms with van der Waals surface area (Å²) >= 11 is 0. The van der Waals surface area contributed by atoms with Crippen molar-refractivity contribution in [1.82, 2.24) is 0 Å². The zero-order valence-electron chi connectivity index (χ0n) is 19.8. The predicted octanol–water partition coefficient (Wildman–Crippen LogP) is 7.22. The average molecular weight is 429 g/mol. The third kappa shape index (κ3) is 2.55. The molecule has 2 heterocycles. The van der Waals surface area contributed by atoms with Gasteiger partial charge in [0.1, 0.15) is 0 Å². The first-order chi connectivity index (χ1) is 16.0. The minimum absolute atomic E-state index is 1.01. The fourth-order valence-electron chi connectivity index (χ4n) is 6.49. The van der Waals surface area contributed by atoms with Gasteiger partial charge in [-0.2, -0.15) is 0 Å². The number of anilines is 4. The molecule has 162 valence electrons. The third-order valence-corrected chi connectivity index (χ3v) is 8.14. The summed E-state index contributed by atoms with van der Waals surface area (Å²) in [5.41, 5.74) is 19.9. The van der Waals surface area contributed by atoms with Gasteiger partial charge in [-0.05, 0) is 101 Å². The molecule has 0 radical (unpaired) electrons. The second-order valence-electron chi connectivity index (χ2n) is 10.1. The summed E-state index contributed by atoms with van der Waals surface area (Å²) in [5, 5.41) is 0. The topological polar surface area (TPSA) is 6.48 Å². The number of fused-ring (bicyclic) bond motifs is 7. The van der Waals surface area contributed by atoms with Crippen LogP contribution in [0.15, 0.2) is 60.7 Å². The molecule has 2 heteroatoms. The van der Waals surface area contributed by atoms with Crippen molar-refractivity contribution in [3.8, 4) is 11.1 Å². The van der Waals surface area contributed by atoms with Crippen LogP contribution in [0.4, 0.5) is 22.7 Å². The van der Waals surface area contributed by atoms with E-state index >= 15 is 0 Å². The van der Waals surface area contributed by atoms with Crippen molar-refractivity contribution in [3.63, 3.8) is 0 Å². The van der Waals surface area contributed by atoms with E-state index in [1.54, 1.807) is 0 Å². The fourth-order valence-corrected chi connectivity index (χ4v) is 6.49. The molecule has 0 saturated carbocycles. The van der Waals surface area contributed by atoms with E-state index in [2.05, 4.69) is 98.4 Å². The normalized spacial score (nSPS) is 14.8. The van der Waals surface area contributed by atoms with Gasteiger partial charge in [0.15, 0.2) is 0 Å². The number of aryl methyl sites for hydroxylation is 1. The van der Waals surface area contributed by atoms with Crippen LogP contribution in [0.2, 0.25) is 0 Å². The van der Waals surface area contributed by atoms with Crippen molar-refractivity contribution in [3.05, 3.63) is 105 Å². The minimum Gasteiger partial charge on any atom is -0.344 e. The Balaban J connectivity index is 1.38. The lowest BCUT2D eigenvalue weighted by Gasteiger charge is -2.32. The molecule has 0 amide bonds. The summed E-state index contributed by atoms with van der Waals surface area (Å²) < 4.78 is 0. The predicted molar refractivity (Wildman–Crippen MR) is 139 cm³/mol. The highest BCUT2D eigenvalue weighted by Gasteiger charge is 2.30. The zero-order valence-corrected chi connectivity index (χ0v) is 19.8. The summed E-state index contributed by atoms with van der Waals surface area (Å²) in [6.07, 6.45) is 3.06. The molecular weight excluding hydrogens is 400 g/mol. The van der Waals surface area contributed by atoms with E-state index in [1.165, 1.54) is 78.4 Å². The van der Waals surface area contributed by atoms with Crippen LogP contribution in [-0.4, -0.2) is 14.1 Å². The maximum atomic E-state index is 2.50. The SMILES string of the molecule is Cc1ccc2c(c1)Cc1cc3c(cc1N2C)Cc1cc2c(c(C)c1-3)Cc1ccccc1N2C. The van der Waals surface area contributed by atoms with Crippen LogP contribution in [0, 0.1) is 13.8 Å². The Labute approximate surface area is 196 Å². The summed E-state index contributed by atoms with van der Waals surface area (Å²) in [7, 11) is 4.44. The summed E-state index contributed by atoms with van der Waals surface area (Å²) in [5.74, 6) is 0. The highest BCUT2D eigenvalue weighted by atomic mass is 15.1. The summed E-state index contributed by atoms with van der Waals surface area (Å²) in [4.78, 5) is 4.78. The van der Waals surface area contributed by atoms with Crippen molar-refractivity contribution in [1.29, 1.82) is 0 Å². The van der Waals surface area contributed by atoms with Gasteiger partial charge in [-0.25, -0.2) is 0 Å². The number of nitrogens with zero attached hydrogens (tertiary/aromatic N) is 2. The van der Waals surface area contributed by atoms with Crippen molar-refractivity contribution < 1.29 is 0 Å². The Bertz CT molecular complexity index is 1490. The van der Waals surface area contributed by atoms with Crippen molar-refractivity contribution in [2.24, 2.45) is 0 Å². The van der Waals surface area contributed by atoms with Crippen LogP contribution in [0.5, 0.6) is 0 Å². The second kappa shape index (κ2) is 6.51. The van der Waals surface area contributed by atoms with Gasteiger partial charge in [-0.1, -0.05) is 35.9 Å². The summed E-state index contributed by atoms with van der Waals surface area (Å²) in [6, 6.07) is 23.1. The number of hydrogen-bond donors (Lipinski definition) is 0. The number of benzene rings is 4. The highest BCUT2D eigenvalue weighted by molar-refractivity contribution is 5.89. The molecule has 0 fully saturated rings. The zero-order chi connectivity index (χ0) is 22.4. The van der Waals surface area contributed by atoms with Gasteiger partial charge in [-0.3, -0.25) is 0 Å². The molecular formula is C31H28N2. The van der Waals surface area contributed by atoms with Crippen LogP contribution in [0.3, 0.4) is 0 Å². The van der Waals surface area contributed by atoms with E-state index in [0.29, 0.717) is 0 Å². The molecule has 2 aliphatic heterocycles. The first-order valence-corrected chi connectivity index (χ1v) is 12.0. The molecule has 33 heavy (non-hydrogen) atoms. The fraction of sp³-hybridized carbons (Fsp3) is 0.226. The summed E-state index contributed by atoms with van der Waals surface area (Å²) in [6.45, 7) is 4.54. The molecule has 0 atom stereocenters. The van der Waals surface area contributed by atoms with Crippen LogP contribution in [-0.2, 0) is 19.3 Å². The van der Waals surface area contributed by atoms with E-state index in [9.17, 15) is 0 Å². The molecule has 0 bridgehead atoms. The molecule has 4 aromatic rings. The van der Waals surface area contributed by atoms with Gasteiger partial charge in [0.05, 0.1) is 0 Å². The van der Waals surface area contributed by atoms with Gasteiger partial charge in [0.2, 0.25) is 0 Å². The highest BCUT2D eigenvalue weighted by Crippen LogP contribution is 2.50. The lowest BCUT2D eigenvalue weighted by atomic mass is 9.86. The van der Waals surface area contributed by atoms with E-state index < -0.39 is 0 Å². The molecule has 4 aromatic carbocycles. The largest absolute Gasteiger partial charge is 0.344 e. The van der Waals surface area contributed by atoms with E-state index in [-0.39, 0.29) is 0 Å². The van der Waals surface area contributed by atoms with E-state index in [4.69, 9.17) is 0 Å². The molecule has 0 spiro atoms. The molecule has 1 aliphatic carbocycles. The number of para-hydroxylation sites is 1. The molecule has 0 unspecified atom stereocenters. The van der Waals surface area contributed by atoms with Gasteiger partial charge in [0, 0.05) is 49.7 Å². The Hall–Kier alpha value is -3.52. The Morgan fingerprint density at radius 3 is 2.15 bits per heavy atom. The first-order valence-electron chi connectivity index (χ1n) is 12.0. The first kappa shape index (κ1) is 19.0. The molecule has 2 nitrogen and oxygen atoms in total. The monoisotopic (exact) mass is 428 g/mol. The van der Waals surface area contributed by atoms with Gasteiger partial charge >= 0.3 is 0 Å². The minimum atomic E-state index is 1.01. The second-order valence-corrected chi connectivity index (χ2v) is 10.1. The van der Waals surface area contributed by atoms with Crippen LogP contribution < -0.4 is 9.80 Å². The van der Waals surface area contributed by atoms with Gasteiger partial charge in [0.25, 0.3) is 0 Å². The quantitative estimate of drug-likeness (QED) is 0.257. The lowest BCUT2D eigenvalue weighted by Crippen LogP contribution is -2.20. The molecule has 7 rings (SSSR count). The van der Waals surface area contributed by atoms with Gasteiger partial charge < -0.3 is 9.80 Å². The smallest absolute Gasteiger partial charge is 0.0450 e. The molecule has 3 aliphatic rings. The Morgan fingerprint density at radius 1 is 0.576 bits per heavy atom. The third-order valence-electron chi connectivity index (χ3n) is 8.14. The Morgan fingerprint density at radius 2 is 1.27 bits per heavy atom. The van der Waals surface area contributed by atoms with Crippen LogP contribution in [0.1, 0.15) is 44.5 Å². The van der Waals surface area contributed by atoms with E-state index in [0.717, 1.165) is 19.3 Å². The molecule has 0 saturated heterocycles.